The number of rotatable bonds is 2. The van der Waals surface area contributed by atoms with E-state index in [2.05, 4.69) is 0 Å². The maximum absolute atomic E-state index is 11.2. The lowest BCUT2D eigenvalue weighted by Gasteiger charge is -2.47. The van der Waals surface area contributed by atoms with Crippen LogP contribution in [0.15, 0.2) is 0 Å². The Balaban J connectivity index is 2.09. The second-order valence-electron chi connectivity index (χ2n) is 4.37. The number of ether oxygens (including phenoxy) is 1. The number of hydrogen-bond acceptors (Lipinski definition) is 6. The highest BCUT2D eigenvalue weighted by atomic mass is 32.2. The summed E-state index contributed by atoms with van der Waals surface area (Å²) in [5.74, 6) is 0. The fourth-order valence-electron chi connectivity index (χ4n) is 2.15. The molecule has 2 aliphatic heterocycles. The molecule has 3 N–H and O–H groups in total. The minimum atomic E-state index is -3.30. The Morgan fingerprint density at radius 1 is 1.44 bits per heavy atom. The summed E-state index contributed by atoms with van der Waals surface area (Å²) in [6.45, 7) is -0.375. The quantitative estimate of drug-likeness (QED) is 0.488. The first-order valence-corrected chi connectivity index (χ1v) is 6.75. The summed E-state index contributed by atoms with van der Waals surface area (Å²) in [5.41, 5.74) is -1.06. The smallest absolute Gasteiger partial charge is 0.211 e. The first-order valence-electron chi connectivity index (χ1n) is 4.90. The summed E-state index contributed by atoms with van der Waals surface area (Å²) in [5, 5.41) is 28.2. The van der Waals surface area contributed by atoms with Crippen molar-refractivity contribution in [1.29, 1.82) is 0 Å². The molecule has 7 nitrogen and oxygen atoms in total. The van der Waals surface area contributed by atoms with Crippen molar-refractivity contribution in [3.05, 3.63) is 0 Å². The van der Waals surface area contributed by atoms with E-state index in [0.29, 0.717) is 0 Å². The van der Waals surface area contributed by atoms with Crippen LogP contribution in [0.3, 0.4) is 0 Å². The van der Waals surface area contributed by atoms with E-state index in [1.807, 2.05) is 0 Å². The van der Waals surface area contributed by atoms with Crippen LogP contribution in [0.4, 0.5) is 0 Å². The standard InChI is InChI=1S/C8H15NO6S/c1-16(13,14)9-3-8(4-9)7(12)6(11)5(2-10)15-8/h5-7,10-12H,2-4H2,1H3/t5-,6+,7-/m1/s1. The van der Waals surface area contributed by atoms with E-state index in [1.165, 1.54) is 0 Å². The van der Waals surface area contributed by atoms with E-state index in [0.717, 1.165) is 10.6 Å². The van der Waals surface area contributed by atoms with E-state index >= 15 is 0 Å². The summed E-state index contributed by atoms with van der Waals surface area (Å²) >= 11 is 0. The number of sulfonamides is 1. The lowest BCUT2D eigenvalue weighted by molar-refractivity contribution is -0.149. The topological polar surface area (TPSA) is 107 Å². The average Bonchev–Trinajstić information content (AvgIpc) is 2.37. The lowest BCUT2D eigenvalue weighted by atomic mass is 9.89. The van der Waals surface area contributed by atoms with Crippen LogP contribution < -0.4 is 0 Å². The van der Waals surface area contributed by atoms with Gasteiger partial charge in [-0.1, -0.05) is 0 Å². The van der Waals surface area contributed by atoms with Gasteiger partial charge in [-0.25, -0.2) is 8.42 Å². The van der Waals surface area contributed by atoms with Gasteiger partial charge >= 0.3 is 0 Å². The number of aliphatic hydroxyl groups is 3. The van der Waals surface area contributed by atoms with E-state index in [9.17, 15) is 18.6 Å². The Kier molecular flexibility index (Phi) is 2.76. The molecule has 2 heterocycles. The summed E-state index contributed by atoms with van der Waals surface area (Å²) in [6.07, 6.45) is -2.12. The zero-order valence-corrected chi connectivity index (χ0v) is 9.59. The molecule has 2 rings (SSSR count). The molecule has 2 saturated heterocycles. The largest absolute Gasteiger partial charge is 0.394 e. The molecule has 8 heteroatoms. The van der Waals surface area contributed by atoms with Gasteiger partial charge in [0, 0.05) is 13.1 Å². The highest BCUT2D eigenvalue weighted by Crippen LogP contribution is 2.39. The van der Waals surface area contributed by atoms with Gasteiger partial charge < -0.3 is 20.1 Å². The molecule has 3 atom stereocenters. The maximum atomic E-state index is 11.2. The van der Waals surface area contributed by atoms with Crippen molar-refractivity contribution in [3.8, 4) is 0 Å². The molecule has 2 aliphatic rings. The monoisotopic (exact) mass is 253 g/mol. The normalized spacial score (nSPS) is 38.9. The maximum Gasteiger partial charge on any atom is 0.211 e. The molecule has 94 valence electrons. The fraction of sp³-hybridized carbons (Fsp3) is 1.00. The molecule has 0 aromatic rings. The van der Waals surface area contributed by atoms with Crippen LogP contribution in [-0.4, -0.2) is 77.9 Å². The van der Waals surface area contributed by atoms with Gasteiger partial charge in [0.25, 0.3) is 0 Å². The molecule has 1 spiro atoms. The second-order valence-corrected chi connectivity index (χ2v) is 6.35. The van der Waals surface area contributed by atoms with Gasteiger partial charge in [0.2, 0.25) is 10.0 Å². The van der Waals surface area contributed by atoms with Crippen LogP contribution in [0.25, 0.3) is 0 Å². The predicted molar refractivity (Wildman–Crippen MR) is 53.1 cm³/mol. The van der Waals surface area contributed by atoms with Crippen LogP contribution in [0.1, 0.15) is 0 Å². The predicted octanol–water partition coefficient (Wildman–Crippen LogP) is -2.89. The Morgan fingerprint density at radius 2 is 2.00 bits per heavy atom. The molecule has 0 radical (unpaired) electrons. The molecule has 0 unspecified atom stereocenters. The van der Waals surface area contributed by atoms with Crippen molar-refractivity contribution in [3.63, 3.8) is 0 Å². The van der Waals surface area contributed by atoms with Crippen LogP contribution in [0.5, 0.6) is 0 Å². The van der Waals surface area contributed by atoms with Crippen molar-refractivity contribution in [2.75, 3.05) is 26.0 Å². The minimum absolute atomic E-state index is 0.0144. The van der Waals surface area contributed by atoms with Gasteiger partial charge in [0.15, 0.2) is 0 Å². The molecule has 0 amide bonds. The van der Waals surface area contributed by atoms with Gasteiger partial charge in [-0.15, -0.1) is 0 Å². The van der Waals surface area contributed by atoms with Gasteiger partial charge in [-0.05, 0) is 0 Å². The second kappa shape index (κ2) is 3.62. The average molecular weight is 253 g/mol. The summed E-state index contributed by atoms with van der Waals surface area (Å²) < 4.78 is 28.8. The third-order valence-corrected chi connectivity index (χ3v) is 4.36. The first-order chi connectivity index (χ1) is 7.30. The van der Waals surface area contributed by atoms with E-state index in [-0.39, 0.29) is 13.1 Å². The lowest BCUT2D eigenvalue weighted by Crippen LogP contribution is -2.68. The Hall–Kier alpha value is -0.250. The van der Waals surface area contributed by atoms with Crippen LogP contribution in [-0.2, 0) is 14.8 Å². The van der Waals surface area contributed by atoms with Gasteiger partial charge in [-0.2, -0.15) is 4.31 Å². The van der Waals surface area contributed by atoms with Crippen molar-refractivity contribution < 1.29 is 28.5 Å². The zero-order chi connectivity index (χ0) is 12.1. The number of aliphatic hydroxyl groups excluding tert-OH is 3. The highest BCUT2D eigenvalue weighted by molar-refractivity contribution is 7.88. The Labute approximate surface area is 93.3 Å². The molecular weight excluding hydrogens is 238 g/mol. The van der Waals surface area contributed by atoms with Crippen molar-refractivity contribution >= 4 is 10.0 Å². The van der Waals surface area contributed by atoms with Crippen LogP contribution >= 0.6 is 0 Å². The minimum Gasteiger partial charge on any atom is -0.394 e. The van der Waals surface area contributed by atoms with Crippen molar-refractivity contribution in [1.82, 2.24) is 4.31 Å². The van der Waals surface area contributed by atoms with Crippen LogP contribution in [0, 0.1) is 0 Å². The summed E-state index contributed by atoms with van der Waals surface area (Å²) in [6, 6.07) is 0. The van der Waals surface area contributed by atoms with Gasteiger partial charge in [0.05, 0.1) is 12.9 Å². The number of hydrogen-bond donors (Lipinski definition) is 3. The molecule has 0 bridgehead atoms. The molecule has 0 saturated carbocycles. The highest BCUT2D eigenvalue weighted by Gasteiger charge is 2.61. The van der Waals surface area contributed by atoms with E-state index < -0.39 is 40.5 Å². The SMILES string of the molecule is CS(=O)(=O)N1CC2(C1)O[C@H](CO)[C@H](O)[C@H]2O. The number of nitrogens with zero attached hydrogens (tertiary/aromatic N) is 1. The zero-order valence-electron chi connectivity index (χ0n) is 8.78. The van der Waals surface area contributed by atoms with Gasteiger partial charge in [0.1, 0.15) is 23.9 Å². The van der Waals surface area contributed by atoms with Crippen LogP contribution in [0.2, 0.25) is 0 Å². The summed E-state index contributed by atoms with van der Waals surface area (Å²) in [7, 11) is -3.30. The third-order valence-electron chi connectivity index (χ3n) is 3.17. The van der Waals surface area contributed by atoms with Gasteiger partial charge in [-0.3, -0.25) is 0 Å². The van der Waals surface area contributed by atoms with E-state index in [4.69, 9.17) is 9.84 Å². The molecule has 2 fully saturated rings. The molecule has 0 aliphatic carbocycles. The first kappa shape index (κ1) is 12.2. The Morgan fingerprint density at radius 3 is 2.38 bits per heavy atom. The fourth-order valence-corrected chi connectivity index (χ4v) is 3.05. The van der Waals surface area contributed by atoms with E-state index in [1.54, 1.807) is 0 Å². The molecule has 0 aromatic heterocycles. The van der Waals surface area contributed by atoms with Crippen molar-refractivity contribution in [2.24, 2.45) is 0 Å². The molecular formula is C8H15NO6S. The third kappa shape index (κ3) is 1.66. The van der Waals surface area contributed by atoms with Crippen molar-refractivity contribution in [2.45, 2.75) is 23.9 Å². The molecule has 16 heavy (non-hydrogen) atoms. The Bertz CT molecular complexity index is 376. The molecule has 0 aromatic carbocycles. The summed E-state index contributed by atoms with van der Waals surface area (Å²) in [4.78, 5) is 0.